The van der Waals surface area contributed by atoms with Gasteiger partial charge in [-0.1, -0.05) is 18.2 Å². The normalized spacial score (nSPS) is 10.3. The third kappa shape index (κ3) is 4.07. The monoisotopic (exact) mass is 297 g/mol. The molecule has 0 unspecified atom stereocenters. The van der Waals surface area contributed by atoms with Crippen molar-refractivity contribution < 1.29 is 4.79 Å². The van der Waals surface area contributed by atoms with Crippen LogP contribution in [0.4, 0.5) is 10.5 Å². The Morgan fingerprint density at radius 2 is 2.00 bits per heavy atom. The van der Waals surface area contributed by atoms with E-state index in [0.717, 1.165) is 23.4 Å². The van der Waals surface area contributed by atoms with E-state index in [4.69, 9.17) is 0 Å². The minimum atomic E-state index is -0.0628. The van der Waals surface area contributed by atoms with Gasteiger partial charge in [0.15, 0.2) is 0 Å². The number of hydrogen-bond donors (Lipinski definition) is 1. The second-order valence-corrected chi connectivity index (χ2v) is 5.33. The van der Waals surface area contributed by atoms with Crippen LogP contribution in [-0.2, 0) is 6.42 Å². The first-order valence-electron chi connectivity index (χ1n) is 7.64. The highest BCUT2D eigenvalue weighted by Gasteiger charge is 2.13. The molecule has 2 amide bonds. The highest BCUT2D eigenvalue weighted by atomic mass is 16.2. The Morgan fingerprint density at radius 3 is 2.68 bits per heavy atom. The molecule has 1 heterocycles. The number of nitrogens with zero attached hydrogens (tertiary/aromatic N) is 2. The predicted octanol–water partition coefficient (Wildman–Crippen LogP) is 3.79. The molecule has 1 aromatic heterocycles. The minimum absolute atomic E-state index is 0.0628. The Kier molecular flexibility index (Phi) is 5.53. The number of amides is 2. The summed E-state index contributed by atoms with van der Waals surface area (Å²) in [7, 11) is 0. The summed E-state index contributed by atoms with van der Waals surface area (Å²) in [4.78, 5) is 18.5. The molecule has 0 bridgehead atoms. The Labute approximate surface area is 132 Å². The first-order chi connectivity index (χ1) is 10.6. The minimum Gasteiger partial charge on any atom is -0.324 e. The van der Waals surface area contributed by atoms with Gasteiger partial charge in [0, 0.05) is 37.1 Å². The van der Waals surface area contributed by atoms with Gasteiger partial charge in [0.1, 0.15) is 0 Å². The average Bonchev–Trinajstić information content (AvgIpc) is 2.53. The molecule has 116 valence electrons. The molecule has 0 aliphatic rings. The van der Waals surface area contributed by atoms with Crippen LogP contribution in [0.1, 0.15) is 23.7 Å². The molecule has 0 aliphatic carbocycles. The van der Waals surface area contributed by atoms with Crippen LogP contribution in [0.3, 0.4) is 0 Å². The number of carbonyl (C=O) groups excluding carboxylic acids is 1. The zero-order chi connectivity index (χ0) is 15.9. The molecule has 0 saturated heterocycles. The van der Waals surface area contributed by atoms with Crippen LogP contribution in [0.2, 0.25) is 0 Å². The number of carbonyl (C=O) groups is 1. The maximum atomic E-state index is 12.4. The summed E-state index contributed by atoms with van der Waals surface area (Å²) < 4.78 is 0. The maximum absolute atomic E-state index is 12.4. The predicted molar refractivity (Wildman–Crippen MR) is 90.1 cm³/mol. The van der Waals surface area contributed by atoms with Crippen LogP contribution < -0.4 is 5.32 Å². The highest BCUT2D eigenvalue weighted by Crippen LogP contribution is 2.18. The van der Waals surface area contributed by atoms with Gasteiger partial charge in [-0.3, -0.25) is 4.98 Å². The van der Waals surface area contributed by atoms with Gasteiger partial charge in [0.05, 0.1) is 0 Å². The third-order valence-corrected chi connectivity index (χ3v) is 3.88. The van der Waals surface area contributed by atoms with Gasteiger partial charge < -0.3 is 10.2 Å². The Bertz CT molecular complexity index is 625. The highest BCUT2D eigenvalue weighted by molar-refractivity contribution is 5.90. The molecule has 0 saturated carbocycles. The van der Waals surface area contributed by atoms with Crippen LogP contribution >= 0.6 is 0 Å². The molecule has 1 N–H and O–H groups in total. The molecule has 22 heavy (non-hydrogen) atoms. The fourth-order valence-corrected chi connectivity index (χ4v) is 2.28. The van der Waals surface area contributed by atoms with Gasteiger partial charge in [-0.2, -0.15) is 0 Å². The van der Waals surface area contributed by atoms with Gasteiger partial charge in [-0.15, -0.1) is 0 Å². The number of nitrogens with one attached hydrogen (secondary N) is 1. The number of likely N-dealkylation sites (N-methyl/N-ethyl adjacent to an activating group) is 1. The number of aromatic nitrogens is 1. The lowest BCUT2D eigenvalue weighted by molar-refractivity contribution is 0.215. The number of hydrogen-bond acceptors (Lipinski definition) is 2. The van der Waals surface area contributed by atoms with Crippen molar-refractivity contribution in [1.82, 2.24) is 9.88 Å². The molecular weight excluding hydrogens is 274 g/mol. The summed E-state index contributed by atoms with van der Waals surface area (Å²) in [5, 5.41) is 3.00. The molecule has 0 aliphatic heterocycles. The lowest BCUT2D eigenvalue weighted by Crippen LogP contribution is -2.36. The quantitative estimate of drug-likeness (QED) is 0.912. The zero-order valence-corrected chi connectivity index (χ0v) is 13.5. The number of anilines is 1. The molecule has 1 aromatic carbocycles. The summed E-state index contributed by atoms with van der Waals surface area (Å²) in [6.45, 7) is 7.38. The first kappa shape index (κ1) is 16.0. The molecule has 2 aromatic rings. The summed E-state index contributed by atoms with van der Waals surface area (Å²) in [5.74, 6) is 0. The van der Waals surface area contributed by atoms with Gasteiger partial charge in [0.2, 0.25) is 0 Å². The number of pyridine rings is 1. The second kappa shape index (κ2) is 7.59. The lowest BCUT2D eigenvalue weighted by atomic mass is 10.1. The van der Waals surface area contributed by atoms with E-state index < -0.39 is 0 Å². The molecule has 0 radical (unpaired) electrons. The molecule has 2 rings (SSSR count). The van der Waals surface area contributed by atoms with Crippen molar-refractivity contribution >= 4 is 11.7 Å². The van der Waals surface area contributed by atoms with E-state index in [1.807, 2.05) is 57.2 Å². The fraction of sp³-hybridized carbons (Fsp3) is 0.333. The van der Waals surface area contributed by atoms with Gasteiger partial charge in [-0.05, 0) is 50.1 Å². The molecule has 0 spiro atoms. The summed E-state index contributed by atoms with van der Waals surface area (Å²) >= 11 is 0. The summed E-state index contributed by atoms with van der Waals surface area (Å²) in [5.41, 5.74) is 4.16. The number of benzene rings is 1. The average molecular weight is 297 g/mol. The first-order valence-corrected chi connectivity index (χ1v) is 7.64. The van der Waals surface area contributed by atoms with E-state index in [-0.39, 0.29) is 6.03 Å². The van der Waals surface area contributed by atoms with Gasteiger partial charge >= 0.3 is 6.03 Å². The van der Waals surface area contributed by atoms with Crippen molar-refractivity contribution in [2.75, 3.05) is 18.4 Å². The largest absolute Gasteiger partial charge is 0.324 e. The topological polar surface area (TPSA) is 45.2 Å². The third-order valence-electron chi connectivity index (χ3n) is 3.88. The van der Waals surface area contributed by atoms with E-state index in [2.05, 4.69) is 10.3 Å². The Hall–Kier alpha value is -2.36. The van der Waals surface area contributed by atoms with Crippen molar-refractivity contribution in [3.05, 3.63) is 59.4 Å². The van der Waals surface area contributed by atoms with E-state index >= 15 is 0 Å². The molecular formula is C18H23N3O. The van der Waals surface area contributed by atoms with Crippen molar-refractivity contribution in [3.63, 3.8) is 0 Å². The van der Waals surface area contributed by atoms with E-state index in [1.54, 1.807) is 11.1 Å². The molecule has 0 atom stereocenters. The Balaban J connectivity index is 1.98. The molecule has 4 heteroatoms. The van der Waals surface area contributed by atoms with Crippen molar-refractivity contribution in [2.45, 2.75) is 27.2 Å². The number of aryl methyl sites for hydroxylation is 1. The number of rotatable bonds is 5. The standard InChI is InChI=1S/C18H23N3O/c1-4-21(13-11-16-9-5-6-12-19-16)18(22)20-17-10-7-8-14(2)15(17)3/h5-10,12H,4,11,13H2,1-3H3,(H,20,22). The molecule has 0 fully saturated rings. The Morgan fingerprint density at radius 1 is 1.18 bits per heavy atom. The van der Waals surface area contributed by atoms with E-state index in [0.29, 0.717) is 13.1 Å². The smallest absolute Gasteiger partial charge is 0.321 e. The van der Waals surface area contributed by atoms with Gasteiger partial charge in [0.25, 0.3) is 0 Å². The van der Waals surface area contributed by atoms with Crippen LogP contribution in [0.5, 0.6) is 0 Å². The van der Waals surface area contributed by atoms with E-state index in [9.17, 15) is 4.79 Å². The van der Waals surface area contributed by atoms with Crippen molar-refractivity contribution in [1.29, 1.82) is 0 Å². The van der Waals surface area contributed by atoms with Gasteiger partial charge in [-0.25, -0.2) is 4.79 Å². The maximum Gasteiger partial charge on any atom is 0.321 e. The van der Waals surface area contributed by atoms with Crippen LogP contribution in [0.25, 0.3) is 0 Å². The van der Waals surface area contributed by atoms with Crippen LogP contribution in [0, 0.1) is 13.8 Å². The SMILES string of the molecule is CCN(CCc1ccccn1)C(=O)Nc1cccc(C)c1C. The number of urea groups is 1. The summed E-state index contributed by atoms with van der Waals surface area (Å²) in [6.07, 6.45) is 2.54. The van der Waals surface area contributed by atoms with Crippen molar-refractivity contribution in [2.24, 2.45) is 0 Å². The van der Waals surface area contributed by atoms with Crippen LogP contribution in [-0.4, -0.2) is 29.0 Å². The van der Waals surface area contributed by atoms with Crippen LogP contribution in [0.15, 0.2) is 42.6 Å². The fourth-order valence-electron chi connectivity index (χ4n) is 2.28. The lowest BCUT2D eigenvalue weighted by Gasteiger charge is -2.22. The van der Waals surface area contributed by atoms with E-state index in [1.165, 1.54) is 5.56 Å². The molecule has 4 nitrogen and oxygen atoms in total. The summed E-state index contributed by atoms with van der Waals surface area (Å²) in [6, 6.07) is 11.7. The zero-order valence-electron chi connectivity index (χ0n) is 13.5. The van der Waals surface area contributed by atoms with Crippen molar-refractivity contribution in [3.8, 4) is 0 Å². The second-order valence-electron chi connectivity index (χ2n) is 5.33.